The van der Waals surface area contributed by atoms with Gasteiger partial charge in [-0.25, -0.2) is 4.98 Å². The van der Waals surface area contributed by atoms with Crippen molar-refractivity contribution in [3.8, 4) is 6.07 Å². The van der Waals surface area contributed by atoms with E-state index in [4.69, 9.17) is 10.00 Å². The standard InChI is InChI=1S/C17H16N4O2/c18-11-12-3-1-9-19-16(12)20-13-5-7-14(8-6-13)21-17(22)15-4-2-10-23-15/h1,3,5-9,15H,2,4,10H2,(H,19,20)(H,21,22)/t15-/m1/s1. The zero-order valence-electron chi connectivity index (χ0n) is 12.5. The first kappa shape index (κ1) is 15.0. The van der Waals surface area contributed by atoms with Crippen LogP contribution in [0.3, 0.4) is 0 Å². The Kier molecular flexibility index (Phi) is 4.50. The summed E-state index contributed by atoms with van der Waals surface area (Å²) in [5.74, 6) is 0.394. The van der Waals surface area contributed by atoms with Gasteiger partial charge in [-0.3, -0.25) is 4.79 Å². The van der Waals surface area contributed by atoms with Gasteiger partial charge in [-0.2, -0.15) is 5.26 Å². The van der Waals surface area contributed by atoms with Crippen LogP contribution in [0.1, 0.15) is 18.4 Å². The van der Waals surface area contributed by atoms with Crippen molar-refractivity contribution in [2.45, 2.75) is 18.9 Å². The highest BCUT2D eigenvalue weighted by Crippen LogP contribution is 2.21. The molecular weight excluding hydrogens is 292 g/mol. The molecule has 6 heteroatoms. The van der Waals surface area contributed by atoms with Crippen LogP contribution in [0.5, 0.6) is 0 Å². The monoisotopic (exact) mass is 308 g/mol. The van der Waals surface area contributed by atoms with Crippen LogP contribution < -0.4 is 10.6 Å². The second kappa shape index (κ2) is 6.90. The Balaban J connectivity index is 1.65. The number of hydrogen-bond acceptors (Lipinski definition) is 5. The second-order valence-electron chi connectivity index (χ2n) is 5.20. The van der Waals surface area contributed by atoms with Gasteiger partial charge >= 0.3 is 0 Å². The van der Waals surface area contributed by atoms with Crippen LogP contribution >= 0.6 is 0 Å². The fourth-order valence-electron chi connectivity index (χ4n) is 2.38. The number of carbonyl (C=O) groups is 1. The Morgan fingerprint density at radius 2 is 2.04 bits per heavy atom. The van der Waals surface area contributed by atoms with Gasteiger partial charge in [0.05, 0.1) is 5.56 Å². The molecule has 2 N–H and O–H groups in total. The van der Waals surface area contributed by atoms with Crippen molar-refractivity contribution in [2.75, 3.05) is 17.2 Å². The van der Waals surface area contributed by atoms with Gasteiger partial charge in [0, 0.05) is 24.2 Å². The highest BCUT2D eigenvalue weighted by atomic mass is 16.5. The maximum absolute atomic E-state index is 12.0. The van der Waals surface area contributed by atoms with Gasteiger partial charge in [-0.15, -0.1) is 0 Å². The summed E-state index contributed by atoms with van der Waals surface area (Å²) in [7, 11) is 0. The average Bonchev–Trinajstić information content (AvgIpc) is 3.12. The third-order valence-electron chi connectivity index (χ3n) is 3.57. The molecule has 0 bridgehead atoms. The first-order valence-corrected chi connectivity index (χ1v) is 7.41. The molecule has 116 valence electrons. The fraction of sp³-hybridized carbons (Fsp3) is 0.235. The van der Waals surface area contributed by atoms with E-state index in [-0.39, 0.29) is 12.0 Å². The van der Waals surface area contributed by atoms with Gasteiger partial charge in [0.15, 0.2) is 0 Å². The first-order valence-electron chi connectivity index (χ1n) is 7.41. The van der Waals surface area contributed by atoms with Gasteiger partial charge in [0.25, 0.3) is 5.91 Å². The third kappa shape index (κ3) is 3.65. The first-order chi connectivity index (χ1) is 11.3. The van der Waals surface area contributed by atoms with Crippen LogP contribution in [-0.2, 0) is 9.53 Å². The van der Waals surface area contributed by atoms with Gasteiger partial charge in [0.2, 0.25) is 0 Å². The van der Waals surface area contributed by atoms with Crippen molar-refractivity contribution < 1.29 is 9.53 Å². The molecule has 3 rings (SSSR count). The van der Waals surface area contributed by atoms with Gasteiger partial charge in [-0.1, -0.05) is 0 Å². The summed E-state index contributed by atoms with van der Waals surface area (Å²) in [6, 6.07) is 12.7. The van der Waals surface area contributed by atoms with Crippen molar-refractivity contribution in [3.05, 3.63) is 48.2 Å². The molecular formula is C17H16N4O2. The molecule has 1 fully saturated rings. The summed E-state index contributed by atoms with van der Waals surface area (Å²) in [4.78, 5) is 16.1. The number of aromatic nitrogens is 1. The summed E-state index contributed by atoms with van der Waals surface area (Å²) < 4.78 is 5.35. The van der Waals surface area contributed by atoms with E-state index in [2.05, 4.69) is 21.7 Å². The van der Waals surface area contributed by atoms with Crippen molar-refractivity contribution >= 4 is 23.1 Å². The number of anilines is 3. The Labute approximate surface area is 134 Å². The molecule has 0 spiro atoms. The fourth-order valence-corrected chi connectivity index (χ4v) is 2.38. The molecule has 1 aromatic heterocycles. The maximum Gasteiger partial charge on any atom is 0.253 e. The highest BCUT2D eigenvalue weighted by Gasteiger charge is 2.23. The second-order valence-corrected chi connectivity index (χ2v) is 5.20. The molecule has 1 aliphatic rings. The maximum atomic E-state index is 12.0. The lowest BCUT2D eigenvalue weighted by molar-refractivity contribution is -0.124. The van der Waals surface area contributed by atoms with Crippen molar-refractivity contribution in [2.24, 2.45) is 0 Å². The predicted octanol–water partition coefficient (Wildman–Crippen LogP) is 2.81. The molecule has 6 nitrogen and oxygen atoms in total. The molecule has 23 heavy (non-hydrogen) atoms. The molecule has 2 heterocycles. The lowest BCUT2D eigenvalue weighted by Gasteiger charge is -2.11. The largest absolute Gasteiger partial charge is 0.368 e. The topological polar surface area (TPSA) is 87.0 Å². The Morgan fingerprint density at radius 1 is 1.26 bits per heavy atom. The molecule has 1 atom stereocenters. The van der Waals surface area contributed by atoms with Crippen LogP contribution in [0.2, 0.25) is 0 Å². The number of nitrogens with one attached hydrogen (secondary N) is 2. The minimum Gasteiger partial charge on any atom is -0.368 e. The average molecular weight is 308 g/mol. The summed E-state index contributed by atoms with van der Waals surface area (Å²) in [5.41, 5.74) is 1.97. The highest BCUT2D eigenvalue weighted by molar-refractivity contribution is 5.94. The smallest absolute Gasteiger partial charge is 0.253 e. The van der Waals surface area contributed by atoms with Crippen molar-refractivity contribution in [1.29, 1.82) is 5.26 Å². The minimum atomic E-state index is -0.348. The van der Waals surface area contributed by atoms with Gasteiger partial charge in [0.1, 0.15) is 18.0 Å². The van der Waals surface area contributed by atoms with Crippen molar-refractivity contribution in [1.82, 2.24) is 4.98 Å². The van der Waals surface area contributed by atoms with E-state index in [9.17, 15) is 4.79 Å². The van der Waals surface area contributed by atoms with Gasteiger partial charge < -0.3 is 15.4 Å². The lowest BCUT2D eigenvalue weighted by Crippen LogP contribution is -2.26. The number of rotatable bonds is 4. The zero-order valence-corrected chi connectivity index (χ0v) is 12.5. The number of ether oxygens (including phenoxy) is 1. The van der Waals surface area contributed by atoms with Crippen LogP contribution in [-0.4, -0.2) is 23.6 Å². The van der Waals surface area contributed by atoms with E-state index in [1.807, 2.05) is 12.1 Å². The summed E-state index contributed by atoms with van der Waals surface area (Å²) in [6.07, 6.45) is 2.97. The van der Waals surface area contributed by atoms with E-state index in [1.165, 1.54) is 0 Å². The number of hydrogen-bond donors (Lipinski definition) is 2. The Bertz CT molecular complexity index is 731. The molecule has 0 unspecified atom stereocenters. The Hall–Kier alpha value is -2.91. The molecule has 1 amide bonds. The van der Waals surface area contributed by atoms with Crippen LogP contribution in [0.15, 0.2) is 42.6 Å². The molecule has 2 aromatic rings. The quantitative estimate of drug-likeness (QED) is 0.907. The summed E-state index contributed by atoms with van der Waals surface area (Å²) in [5, 5.41) is 15.0. The summed E-state index contributed by atoms with van der Waals surface area (Å²) >= 11 is 0. The minimum absolute atomic E-state index is 0.111. The van der Waals surface area contributed by atoms with E-state index in [1.54, 1.807) is 30.5 Å². The number of carbonyl (C=O) groups excluding carboxylic acids is 1. The SMILES string of the molecule is N#Cc1cccnc1Nc1ccc(NC(=O)[C@H]2CCCO2)cc1. The van der Waals surface area contributed by atoms with E-state index in [0.29, 0.717) is 23.7 Å². The van der Waals surface area contributed by atoms with E-state index >= 15 is 0 Å². The predicted molar refractivity (Wildman–Crippen MR) is 86.3 cm³/mol. The molecule has 1 aliphatic heterocycles. The van der Waals surface area contributed by atoms with Crippen LogP contribution in [0, 0.1) is 11.3 Å². The molecule has 0 aliphatic carbocycles. The lowest BCUT2D eigenvalue weighted by atomic mass is 10.2. The zero-order chi connectivity index (χ0) is 16.1. The molecule has 0 radical (unpaired) electrons. The van der Waals surface area contributed by atoms with Crippen LogP contribution in [0.4, 0.5) is 17.2 Å². The van der Waals surface area contributed by atoms with Gasteiger partial charge in [-0.05, 0) is 49.2 Å². The van der Waals surface area contributed by atoms with Crippen LogP contribution in [0.25, 0.3) is 0 Å². The summed E-state index contributed by atoms with van der Waals surface area (Å²) in [6.45, 7) is 0.645. The number of pyridine rings is 1. The molecule has 1 aromatic carbocycles. The molecule has 0 saturated carbocycles. The Morgan fingerprint density at radius 3 is 2.74 bits per heavy atom. The van der Waals surface area contributed by atoms with E-state index < -0.39 is 0 Å². The molecule has 1 saturated heterocycles. The number of nitriles is 1. The number of benzene rings is 1. The third-order valence-corrected chi connectivity index (χ3v) is 3.57. The normalized spacial score (nSPS) is 16.6. The number of amides is 1. The number of nitrogens with zero attached hydrogens (tertiary/aromatic N) is 2. The van der Waals surface area contributed by atoms with E-state index in [0.717, 1.165) is 18.5 Å². The van der Waals surface area contributed by atoms with Crippen molar-refractivity contribution in [3.63, 3.8) is 0 Å².